The first-order valence-electron chi connectivity index (χ1n) is 9.53. The zero-order valence-electron chi connectivity index (χ0n) is 16.2. The number of hydrogen-bond acceptors (Lipinski definition) is 2. The monoisotopic (exact) mass is 362 g/mol. The van der Waals surface area contributed by atoms with Gasteiger partial charge in [0.05, 0.1) is 5.60 Å². The largest absolute Gasteiger partial charge is 0.376 e. The first kappa shape index (κ1) is 17.8. The Bertz CT molecular complexity index is 959. The van der Waals surface area contributed by atoms with E-state index in [4.69, 9.17) is 4.74 Å². The van der Waals surface area contributed by atoms with Gasteiger partial charge in [-0.05, 0) is 68.5 Å². The lowest BCUT2D eigenvalue weighted by Gasteiger charge is -2.35. The summed E-state index contributed by atoms with van der Waals surface area (Å²) in [4.78, 5) is 17.8. The van der Waals surface area contributed by atoms with Gasteiger partial charge in [0, 0.05) is 30.2 Å². The van der Waals surface area contributed by atoms with Gasteiger partial charge in [-0.25, -0.2) is 0 Å². The van der Waals surface area contributed by atoms with Gasteiger partial charge in [-0.1, -0.05) is 24.3 Å². The van der Waals surface area contributed by atoms with E-state index in [0.29, 0.717) is 11.6 Å². The summed E-state index contributed by atoms with van der Waals surface area (Å²) in [7, 11) is 1.80. The molecule has 1 fully saturated rings. The highest BCUT2D eigenvalue weighted by Gasteiger charge is 2.29. The molecule has 0 saturated carbocycles. The molecule has 0 radical (unpaired) electrons. The number of benzene rings is 2. The number of aromatic nitrogens is 1. The van der Waals surface area contributed by atoms with Crippen LogP contribution in [0.2, 0.25) is 0 Å². The second kappa shape index (κ2) is 6.86. The molecular formula is C23H26N2O2. The van der Waals surface area contributed by atoms with Crippen molar-refractivity contribution >= 4 is 22.5 Å². The Hall–Kier alpha value is -2.59. The average Bonchev–Trinajstić information content (AvgIpc) is 3.10. The quantitative estimate of drug-likeness (QED) is 0.703. The molecule has 1 amide bonds. The molecule has 3 aromatic rings. The van der Waals surface area contributed by atoms with Crippen LogP contribution in [0, 0.1) is 0 Å². The van der Waals surface area contributed by atoms with Gasteiger partial charge in [0.15, 0.2) is 0 Å². The molecule has 1 aliphatic heterocycles. The number of nitrogens with zero attached hydrogens (tertiary/aromatic N) is 1. The first-order chi connectivity index (χ1) is 12.9. The van der Waals surface area contributed by atoms with E-state index in [1.807, 2.05) is 36.4 Å². The van der Waals surface area contributed by atoms with Crippen LogP contribution in [-0.2, 0) is 4.74 Å². The molecule has 140 valence electrons. The SMILES string of the molecule is CN(C(=O)c1cc2cc([C@H]3CCOC(C)(C)C3)ccc2[nH]1)c1ccccc1. The number of aromatic amines is 1. The maximum Gasteiger partial charge on any atom is 0.274 e. The molecule has 1 aliphatic rings. The summed E-state index contributed by atoms with van der Waals surface area (Å²) in [6.45, 7) is 5.11. The molecule has 1 aromatic heterocycles. The predicted octanol–water partition coefficient (Wildman–Crippen LogP) is 5.12. The number of H-pyrrole nitrogens is 1. The Kier molecular flexibility index (Phi) is 4.52. The van der Waals surface area contributed by atoms with Gasteiger partial charge < -0.3 is 14.6 Å². The van der Waals surface area contributed by atoms with Gasteiger partial charge in [-0.15, -0.1) is 0 Å². The first-order valence-corrected chi connectivity index (χ1v) is 9.53. The van der Waals surface area contributed by atoms with Crippen molar-refractivity contribution in [3.8, 4) is 0 Å². The van der Waals surface area contributed by atoms with Crippen LogP contribution >= 0.6 is 0 Å². The number of hydrogen-bond donors (Lipinski definition) is 1. The summed E-state index contributed by atoms with van der Waals surface area (Å²) in [6, 6.07) is 18.1. The number of anilines is 1. The van der Waals surface area contributed by atoms with Gasteiger partial charge >= 0.3 is 0 Å². The molecule has 0 spiro atoms. The minimum absolute atomic E-state index is 0.0360. The zero-order valence-corrected chi connectivity index (χ0v) is 16.2. The van der Waals surface area contributed by atoms with E-state index in [0.717, 1.165) is 36.0 Å². The maximum atomic E-state index is 12.9. The van der Waals surface area contributed by atoms with Crippen LogP contribution in [0.3, 0.4) is 0 Å². The Labute approximate surface area is 160 Å². The fraction of sp³-hybridized carbons (Fsp3) is 0.348. The number of nitrogens with one attached hydrogen (secondary N) is 1. The van der Waals surface area contributed by atoms with Gasteiger partial charge in [-0.2, -0.15) is 0 Å². The summed E-state index contributed by atoms with van der Waals surface area (Å²) >= 11 is 0. The third-order valence-corrected chi connectivity index (χ3v) is 5.49. The fourth-order valence-electron chi connectivity index (χ4n) is 3.99. The van der Waals surface area contributed by atoms with Crippen LogP contribution in [0.4, 0.5) is 5.69 Å². The molecule has 2 aromatic carbocycles. The van der Waals surface area contributed by atoms with E-state index in [1.54, 1.807) is 11.9 Å². The maximum absolute atomic E-state index is 12.9. The third kappa shape index (κ3) is 3.62. The molecule has 4 heteroatoms. The van der Waals surface area contributed by atoms with Crippen LogP contribution in [0.1, 0.15) is 48.7 Å². The van der Waals surface area contributed by atoms with Crippen LogP contribution in [0.25, 0.3) is 10.9 Å². The van der Waals surface area contributed by atoms with E-state index in [2.05, 4.69) is 37.0 Å². The Balaban J connectivity index is 1.60. The van der Waals surface area contributed by atoms with Crippen molar-refractivity contribution in [3.05, 3.63) is 65.9 Å². The minimum Gasteiger partial charge on any atom is -0.376 e. The summed E-state index contributed by atoms with van der Waals surface area (Å²) in [5.74, 6) is 0.463. The predicted molar refractivity (Wildman–Crippen MR) is 109 cm³/mol. The topological polar surface area (TPSA) is 45.3 Å². The van der Waals surface area contributed by atoms with E-state index < -0.39 is 0 Å². The number of fused-ring (bicyclic) bond motifs is 1. The Morgan fingerprint density at radius 3 is 2.67 bits per heavy atom. The normalized spacial score (nSPS) is 19.1. The molecule has 1 atom stereocenters. The highest BCUT2D eigenvalue weighted by molar-refractivity contribution is 6.07. The molecule has 4 nitrogen and oxygen atoms in total. The molecule has 0 aliphatic carbocycles. The van der Waals surface area contributed by atoms with Gasteiger partial charge in [-0.3, -0.25) is 4.79 Å². The van der Waals surface area contributed by atoms with E-state index in [1.165, 1.54) is 5.56 Å². The number of para-hydroxylation sites is 1. The molecule has 1 N–H and O–H groups in total. The number of carbonyl (C=O) groups excluding carboxylic acids is 1. The minimum atomic E-state index is -0.0739. The average molecular weight is 362 g/mol. The molecule has 0 bridgehead atoms. The molecule has 2 heterocycles. The summed E-state index contributed by atoms with van der Waals surface area (Å²) in [5, 5.41) is 1.08. The molecular weight excluding hydrogens is 336 g/mol. The lowest BCUT2D eigenvalue weighted by atomic mass is 9.83. The molecule has 27 heavy (non-hydrogen) atoms. The van der Waals surface area contributed by atoms with Crippen molar-refractivity contribution in [2.24, 2.45) is 0 Å². The summed E-state index contributed by atoms with van der Waals surface area (Å²) in [5.41, 5.74) is 3.74. The number of amides is 1. The van der Waals surface area contributed by atoms with Gasteiger partial charge in [0.2, 0.25) is 0 Å². The van der Waals surface area contributed by atoms with E-state index in [-0.39, 0.29) is 11.5 Å². The van der Waals surface area contributed by atoms with Gasteiger partial charge in [0.1, 0.15) is 5.69 Å². The third-order valence-electron chi connectivity index (χ3n) is 5.49. The summed E-state index contributed by atoms with van der Waals surface area (Å²) < 4.78 is 5.85. The zero-order chi connectivity index (χ0) is 19.0. The van der Waals surface area contributed by atoms with Gasteiger partial charge in [0.25, 0.3) is 5.91 Å². The van der Waals surface area contributed by atoms with Crippen molar-refractivity contribution in [1.29, 1.82) is 0 Å². The number of rotatable bonds is 3. The highest BCUT2D eigenvalue weighted by Crippen LogP contribution is 2.36. The lowest BCUT2D eigenvalue weighted by Crippen LogP contribution is -2.32. The fourth-order valence-corrected chi connectivity index (χ4v) is 3.99. The second-order valence-electron chi connectivity index (χ2n) is 8.03. The lowest BCUT2D eigenvalue weighted by molar-refractivity contribution is -0.0592. The molecule has 0 unspecified atom stereocenters. The van der Waals surface area contributed by atoms with Crippen molar-refractivity contribution < 1.29 is 9.53 Å². The Morgan fingerprint density at radius 2 is 1.93 bits per heavy atom. The second-order valence-corrected chi connectivity index (χ2v) is 8.03. The van der Waals surface area contributed by atoms with E-state index in [9.17, 15) is 4.79 Å². The van der Waals surface area contributed by atoms with Crippen LogP contribution < -0.4 is 4.90 Å². The van der Waals surface area contributed by atoms with Crippen LogP contribution in [0.15, 0.2) is 54.6 Å². The smallest absolute Gasteiger partial charge is 0.274 e. The Morgan fingerprint density at radius 1 is 1.15 bits per heavy atom. The standard InChI is InChI=1S/C23H26N2O2/c1-23(2)15-17(11-12-27-23)16-9-10-20-18(13-16)14-21(24-20)22(26)25(3)19-7-5-4-6-8-19/h4-10,13-14,17,24H,11-12,15H2,1-3H3/t17-/m0/s1. The van der Waals surface area contributed by atoms with Crippen molar-refractivity contribution in [3.63, 3.8) is 0 Å². The van der Waals surface area contributed by atoms with Crippen LogP contribution in [0.5, 0.6) is 0 Å². The van der Waals surface area contributed by atoms with Crippen molar-refractivity contribution in [2.45, 2.75) is 38.2 Å². The number of carbonyl (C=O) groups is 1. The molecule has 4 rings (SSSR count). The van der Waals surface area contributed by atoms with Crippen molar-refractivity contribution in [2.75, 3.05) is 18.6 Å². The van der Waals surface area contributed by atoms with E-state index >= 15 is 0 Å². The highest BCUT2D eigenvalue weighted by atomic mass is 16.5. The van der Waals surface area contributed by atoms with Crippen molar-refractivity contribution in [1.82, 2.24) is 4.98 Å². The summed E-state index contributed by atoms with van der Waals surface area (Å²) in [6.07, 6.45) is 2.06. The molecule has 1 saturated heterocycles. The van der Waals surface area contributed by atoms with Crippen LogP contribution in [-0.4, -0.2) is 30.1 Å². The number of ether oxygens (including phenoxy) is 1.